The normalized spacial score (nSPS) is 15.9. The van der Waals surface area contributed by atoms with Gasteiger partial charge in [-0.05, 0) is 12.1 Å². The molecule has 5 heteroatoms. The molecule has 0 aliphatic carbocycles. The van der Waals surface area contributed by atoms with E-state index in [2.05, 4.69) is 24.1 Å². The second-order valence-corrected chi connectivity index (χ2v) is 7.70. The molecule has 1 aromatic carbocycles. The quantitative estimate of drug-likeness (QED) is 0.541. The highest BCUT2D eigenvalue weighted by molar-refractivity contribution is 8.63. The minimum atomic E-state index is -2.90. The van der Waals surface area contributed by atoms with Gasteiger partial charge in [-0.25, -0.2) is 4.39 Å². The third-order valence-corrected chi connectivity index (χ3v) is 3.39. The number of halogens is 1. The van der Waals surface area contributed by atoms with Crippen LogP contribution in [0.4, 0.5) is 4.39 Å². The minimum absolute atomic E-state index is 0.123. The number of hydrogen-bond donors (Lipinski definition) is 2. The molecule has 1 rings (SSSR count). The van der Waals surface area contributed by atoms with Crippen LogP contribution in [0.25, 0.3) is 0 Å². The maximum atomic E-state index is 12.8. The summed E-state index contributed by atoms with van der Waals surface area (Å²) in [4.78, 5) is 9.22. The highest BCUT2D eigenvalue weighted by atomic mass is 32.9. The summed E-state index contributed by atoms with van der Waals surface area (Å²) in [6.07, 6.45) is 0. The van der Waals surface area contributed by atoms with Crippen LogP contribution in [0.1, 0.15) is 0 Å². The highest BCUT2D eigenvalue weighted by Gasteiger charge is 2.13. The van der Waals surface area contributed by atoms with Gasteiger partial charge in [-0.15, -0.1) is 12.2 Å². The third-order valence-electron chi connectivity index (χ3n) is 1.17. The lowest BCUT2D eigenvalue weighted by molar-refractivity contribution is 0.623. The van der Waals surface area contributed by atoms with E-state index in [9.17, 15) is 9.28 Å². The molecule has 0 aliphatic heterocycles. The Morgan fingerprint density at radius 3 is 2.36 bits per heavy atom. The van der Waals surface area contributed by atoms with Crippen molar-refractivity contribution in [3.63, 3.8) is 0 Å². The SMILES string of the molecule is OP(=S)(S)c1ccccc1F. The lowest BCUT2D eigenvalue weighted by atomic mass is 10.3. The number of hydrogen-bond acceptors (Lipinski definition) is 1. The van der Waals surface area contributed by atoms with Crippen LogP contribution in [0.2, 0.25) is 0 Å². The zero-order valence-electron chi connectivity index (χ0n) is 5.44. The summed E-state index contributed by atoms with van der Waals surface area (Å²) in [6.45, 7) is 0. The van der Waals surface area contributed by atoms with E-state index in [1.807, 2.05) is 0 Å². The maximum Gasteiger partial charge on any atom is 0.146 e. The molecule has 0 amide bonds. The van der Waals surface area contributed by atoms with Gasteiger partial charge in [-0.1, -0.05) is 23.9 Å². The summed E-state index contributed by atoms with van der Waals surface area (Å²) in [6, 6.07) is 5.86. The van der Waals surface area contributed by atoms with E-state index in [0.717, 1.165) is 0 Å². The summed E-state index contributed by atoms with van der Waals surface area (Å²) in [7, 11) is 0. The van der Waals surface area contributed by atoms with Crippen molar-refractivity contribution in [2.75, 3.05) is 0 Å². The van der Waals surface area contributed by atoms with Gasteiger partial charge in [0.25, 0.3) is 0 Å². The van der Waals surface area contributed by atoms with Crippen LogP contribution in [-0.4, -0.2) is 4.89 Å². The number of thiol groups is 1. The molecule has 0 bridgehead atoms. The van der Waals surface area contributed by atoms with Gasteiger partial charge >= 0.3 is 0 Å². The van der Waals surface area contributed by atoms with Gasteiger partial charge in [-0.2, -0.15) is 0 Å². The Morgan fingerprint density at radius 2 is 2.00 bits per heavy atom. The number of benzene rings is 1. The molecular weight excluding hydrogens is 202 g/mol. The molecule has 60 valence electrons. The van der Waals surface area contributed by atoms with Gasteiger partial charge in [-0.3, -0.25) is 0 Å². The van der Waals surface area contributed by atoms with Gasteiger partial charge in [0.1, 0.15) is 11.3 Å². The number of rotatable bonds is 1. The van der Waals surface area contributed by atoms with E-state index < -0.39 is 11.3 Å². The zero-order chi connectivity index (χ0) is 8.48. The van der Waals surface area contributed by atoms with Crippen LogP contribution in [0, 0.1) is 5.82 Å². The van der Waals surface area contributed by atoms with Crippen molar-refractivity contribution < 1.29 is 9.28 Å². The average molecular weight is 208 g/mol. The molecule has 0 fully saturated rings. The van der Waals surface area contributed by atoms with E-state index in [1.54, 1.807) is 6.07 Å². The summed E-state index contributed by atoms with van der Waals surface area (Å²) in [5, 5.41) is 0.123. The minimum Gasteiger partial charge on any atom is -0.354 e. The van der Waals surface area contributed by atoms with Crippen molar-refractivity contribution in [3.8, 4) is 0 Å². The molecule has 1 N–H and O–H groups in total. The Kier molecular flexibility index (Phi) is 2.70. The fourth-order valence-corrected chi connectivity index (χ4v) is 2.25. The molecule has 0 aromatic heterocycles. The largest absolute Gasteiger partial charge is 0.354 e. The van der Waals surface area contributed by atoms with Crippen molar-refractivity contribution in [3.05, 3.63) is 30.1 Å². The second-order valence-electron chi connectivity index (χ2n) is 2.00. The van der Waals surface area contributed by atoms with Crippen molar-refractivity contribution in [2.45, 2.75) is 0 Å². The van der Waals surface area contributed by atoms with E-state index in [1.165, 1.54) is 18.2 Å². The Labute approximate surface area is 74.5 Å². The van der Waals surface area contributed by atoms with Crippen molar-refractivity contribution in [1.82, 2.24) is 0 Å². The van der Waals surface area contributed by atoms with Crippen LogP contribution in [0.15, 0.2) is 24.3 Å². The van der Waals surface area contributed by atoms with E-state index in [-0.39, 0.29) is 5.30 Å². The Bertz CT molecular complexity index is 309. The first-order valence-corrected chi connectivity index (χ1v) is 6.73. The van der Waals surface area contributed by atoms with E-state index >= 15 is 0 Å². The third kappa shape index (κ3) is 2.27. The molecule has 1 aromatic rings. The topological polar surface area (TPSA) is 20.2 Å². The highest BCUT2D eigenvalue weighted by Crippen LogP contribution is 2.45. The van der Waals surface area contributed by atoms with Gasteiger partial charge in [0.15, 0.2) is 0 Å². The van der Waals surface area contributed by atoms with Crippen LogP contribution >= 0.6 is 17.7 Å². The molecule has 0 radical (unpaired) electrons. The first kappa shape index (κ1) is 9.20. The van der Waals surface area contributed by atoms with Crippen molar-refractivity contribution in [2.24, 2.45) is 0 Å². The molecule has 11 heavy (non-hydrogen) atoms. The van der Waals surface area contributed by atoms with Crippen LogP contribution in [-0.2, 0) is 11.8 Å². The van der Waals surface area contributed by atoms with Gasteiger partial charge < -0.3 is 4.89 Å². The molecule has 1 nitrogen and oxygen atoms in total. The van der Waals surface area contributed by atoms with Crippen molar-refractivity contribution in [1.29, 1.82) is 0 Å². The maximum absolute atomic E-state index is 12.8. The zero-order valence-corrected chi connectivity index (χ0v) is 8.04. The Hall–Kier alpha value is 0.110. The molecule has 0 aliphatic rings. The van der Waals surface area contributed by atoms with Gasteiger partial charge in [0.05, 0.1) is 5.30 Å². The predicted molar refractivity (Wildman–Crippen MR) is 51.5 cm³/mol. The summed E-state index contributed by atoms with van der Waals surface area (Å²) < 4.78 is 12.8. The fourth-order valence-electron chi connectivity index (χ4n) is 0.688. The average Bonchev–Trinajstić information content (AvgIpc) is 1.86. The Balaban J connectivity index is 3.25. The molecular formula is C6H6FOPS2. The molecule has 1 unspecified atom stereocenters. The molecule has 0 spiro atoms. The first-order valence-electron chi connectivity index (χ1n) is 2.82. The predicted octanol–water partition coefficient (Wildman–Crippen LogP) is 1.68. The molecule has 0 saturated heterocycles. The van der Waals surface area contributed by atoms with Gasteiger partial charge in [0, 0.05) is 0 Å². The lowest BCUT2D eigenvalue weighted by Crippen LogP contribution is -2.04. The second kappa shape index (κ2) is 3.23. The summed E-state index contributed by atoms with van der Waals surface area (Å²) in [5.74, 6) is -0.492. The Morgan fingerprint density at radius 1 is 1.45 bits per heavy atom. The summed E-state index contributed by atoms with van der Waals surface area (Å²) >= 11 is 8.39. The first-order chi connectivity index (χ1) is 5.02. The van der Waals surface area contributed by atoms with Crippen LogP contribution in [0.5, 0.6) is 0 Å². The molecule has 0 saturated carbocycles. The monoisotopic (exact) mass is 208 g/mol. The molecule has 0 heterocycles. The van der Waals surface area contributed by atoms with Crippen LogP contribution < -0.4 is 5.30 Å². The van der Waals surface area contributed by atoms with Crippen LogP contribution in [0.3, 0.4) is 0 Å². The summed E-state index contributed by atoms with van der Waals surface area (Å²) in [5.41, 5.74) is -2.90. The standard InChI is InChI=1S/C6H6FOPS2/c7-5-3-1-2-4-6(5)9(8,10)11/h1-4H,(H2,8,10,11). The smallest absolute Gasteiger partial charge is 0.146 e. The van der Waals surface area contributed by atoms with Crippen molar-refractivity contribution >= 4 is 34.8 Å². The van der Waals surface area contributed by atoms with E-state index in [4.69, 9.17) is 0 Å². The van der Waals surface area contributed by atoms with Gasteiger partial charge in [0.2, 0.25) is 0 Å². The lowest BCUT2D eigenvalue weighted by Gasteiger charge is -2.07. The van der Waals surface area contributed by atoms with E-state index in [0.29, 0.717) is 0 Å². The molecule has 1 atom stereocenters. The fraction of sp³-hybridized carbons (Fsp3) is 0.